The SMILES string of the molecule is COC(=O)N[C@@H](C(=O)N1CCC[C@H]1c1nc(C#Cc2ccc(-c3c[nH]c([C@@H]4CCCN4C(=O)[C@H](NC(=O)O)c4ccccc4)n3)cc2)c[nH]1)c1ccccc1. The fourth-order valence-electron chi connectivity index (χ4n) is 7.21. The maximum atomic E-state index is 13.8. The van der Waals surface area contributed by atoms with Crippen LogP contribution in [0.4, 0.5) is 9.59 Å². The van der Waals surface area contributed by atoms with E-state index in [1.807, 2.05) is 48.5 Å². The number of benzene rings is 3. The molecule has 2 fully saturated rings. The largest absolute Gasteiger partial charge is 0.465 e. The number of hydrogen-bond acceptors (Lipinski definition) is 7. The molecule has 0 radical (unpaired) electrons. The number of rotatable bonds is 9. The quantitative estimate of drug-likeness (QED) is 0.120. The number of carbonyl (C=O) groups is 4. The number of carbonyl (C=O) groups excluding carboxylic acids is 3. The molecule has 14 nitrogen and oxygen atoms in total. The molecule has 4 amide bonds. The smallest absolute Gasteiger partial charge is 0.407 e. The highest BCUT2D eigenvalue weighted by Crippen LogP contribution is 2.35. The third-order valence-corrected chi connectivity index (χ3v) is 9.89. The van der Waals surface area contributed by atoms with Gasteiger partial charge in [-0.1, -0.05) is 78.7 Å². The summed E-state index contributed by atoms with van der Waals surface area (Å²) in [5.74, 6) is 6.97. The Morgan fingerprint density at radius 3 is 1.85 bits per heavy atom. The predicted octanol–water partition coefficient (Wildman–Crippen LogP) is 5.63. The average molecular weight is 741 g/mol. The van der Waals surface area contributed by atoms with Crippen molar-refractivity contribution in [2.45, 2.75) is 49.9 Å². The molecule has 5 N–H and O–H groups in total. The van der Waals surface area contributed by atoms with Gasteiger partial charge in [-0.2, -0.15) is 0 Å². The molecule has 4 heterocycles. The van der Waals surface area contributed by atoms with Crippen LogP contribution in [0.15, 0.2) is 97.3 Å². The lowest BCUT2D eigenvalue weighted by atomic mass is 10.1. The molecule has 0 bridgehead atoms. The minimum absolute atomic E-state index is 0.244. The lowest BCUT2D eigenvalue weighted by molar-refractivity contribution is -0.135. The van der Waals surface area contributed by atoms with E-state index in [0.29, 0.717) is 60.1 Å². The van der Waals surface area contributed by atoms with Gasteiger partial charge in [0.1, 0.15) is 29.4 Å². The van der Waals surface area contributed by atoms with Gasteiger partial charge in [-0.15, -0.1) is 0 Å². The van der Waals surface area contributed by atoms with E-state index >= 15 is 0 Å². The zero-order chi connectivity index (χ0) is 38.3. The Labute approximate surface area is 317 Å². The Morgan fingerprint density at radius 2 is 1.29 bits per heavy atom. The van der Waals surface area contributed by atoms with Crippen molar-refractivity contribution in [1.29, 1.82) is 0 Å². The zero-order valence-electron chi connectivity index (χ0n) is 30.1. The Bertz CT molecular complexity index is 2210. The number of ether oxygens (including phenoxy) is 1. The van der Waals surface area contributed by atoms with Crippen LogP contribution in [0.25, 0.3) is 11.3 Å². The van der Waals surface area contributed by atoms with Gasteiger partial charge in [-0.05, 0) is 54.9 Å². The van der Waals surface area contributed by atoms with Gasteiger partial charge in [0.05, 0.1) is 24.9 Å². The van der Waals surface area contributed by atoms with Crippen molar-refractivity contribution in [3.8, 4) is 23.1 Å². The van der Waals surface area contributed by atoms with Crippen LogP contribution in [-0.4, -0.2) is 79.0 Å². The first-order valence-corrected chi connectivity index (χ1v) is 18.1. The van der Waals surface area contributed by atoms with Crippen molar-refractivity contribution >= 4 is 24.0 Å². The Hall–Kier alpha value is -6.88. The Kier molecular flexibility index (Phi) is 10.9. The van der Waals surface area contributed by atoms with E-state index < -0.39 is 24.3 Å². The molecule has 4 atom stereocenters. The van der Waals surface area contributed by atoms with Gasteiger partial charge in [-0.3, -0.25) is 9.59 Å². The molecule has 5 aromatic rings. The zero-order valence-corrected chi connectivity index (χ0v) is 30.1. The molecule has 2 aliphatic rings. The van der Waals surface area contributed by atoms with Crippen LogP contribution >= 0.6 is 0 Å². The van der Waals surface area contributed by atoms with E-state index in [2.05, 4.69) is 32.4 Å². The summed E-state index contributed by atoms with van der Waals surface area (Å²) >= 11 is 0. The van der Waals surface area contributed by atoms with Crippen LogP contribution in [0.5, 0.6) is 0 Å². The molecule has 0 unspecified atom stereocenters. The monoisotopic (exact) mass is 740 g/mol. The molecule has 0 aliphatic carbocycles. The standard InChI is InChI=1S/C41H40N8O6/c1-55-41(54)47-35(29-12-6-3-7-13-29)39(51)48-22-8-14-32(48)36-42-24-30(44-36)21-18-26-16-19-27(20-17-26)31-25-43-37(45-31)33-15-9-23-49(33)38(50)34(46-40(52)53)28-10-4-2-5-11-28/h2-7,10-13,16-17,19-20,24-25,32-35,46H,8-9,14-15,22-23H2,1H3,(H,42,44)(H,43,45)(H,47,54)(H,52,53)/t32-,33-,34+,35+/m0/s1. The van der Waals surface area contributed by atoms with Gasteiger partial charge in [-0.25, -0.2) is 19.6 Å². The molecule has 280 valence electrons. The third kappa shape index (κ3) is 8.21. The molecule has 3 aromatic carbocycles. The second kappa shape index (κ2) is 16.4. The van der Waals surface area contributed by atoms with Crippen molar-refractivity contribution in [2.24, 2.45) is 0 Å². The van der Waals surface area contributed by atoms with Crippen LogP contribution in [0, 0.1) is 11.8 Å². The van der Waals surface area contributed by atoms with Crippen LogP contribution in [0.1, 0.15) is 83.9 Å². The van der Waals surface area contributed by atoms with Crippen LogP contribution in [0.2, 0.25) is 0 Å². The second-order valence-electron chi connectivity index (χ2n) is 13.3. The fraction of sp³-hybridized carbons (Fsp3) is 0.268. The summed E-state index contributed by atoms with van der Waals surface area (Å²) in [6.45, 7) is 1.02. The number of nitrogens with zero attached hydrogens (tertiary/aromatic N) is 4. The molecule has 14 heteroatoms. The predicted molar refractivity (Wildman–Crippen MR) is 201 cm³/mol. The lowest BCUT2D eigenvalue weighted by Crippen LogP contribution is -2.42. The highest BCUT2D eigenvalue weighted by atomic mass is 16.5. The van der Waals surface area contributed by atoms with Crippen molar-refractivity contribution < 1.29 is 29.0 Å². The van der Waals surface area contributed by atoms with Crippen LogP contribution < -0.4 is 10.6 Å². The van der Waals surface area contributed by atoms with E-state index in [9.17, 15) is 24.3 Å². The van der Waals surface area contributed by atoms with E-state index in [-0.39, 0.29) is 23.9 Å². The van der Waals surface area contributed by atoms with Crippen LogP contribution in [0.3, 0.4) is 0 Å². The van der Waals surface area contributed by atoms with E-state index in [4.69, 9.17) is 14.7 Å². The summed E-state index contributed by atoms with van der Waals surface area (Å²) in [6, 6.07) is 23.0. The highest BCUT2D eigenvalue weighted by Gasteiger charge is 2.38. The number of alkyl carbamates (subject to hydrolysis) is 1. The highest BCUT2D eigenvalue weighted by molar-refractivity contribution is 5.88. The van der Waals surface area contributed by atoms with E-state index in [1.165, 1.54) is 7.11 Å². The second-order valence-corrected chi connectivity index (χ2v) is 13.3. The molecule has 7 rings (SSSR count). The van der Waals surface area contributed by atoms with Crippen molar-refractivity contribution in [2.75, 3.05) is 20.2 Å². The van der Waals surface area contributed by atoms with Crippen molar-refractivity contribution in [3.63, 3.8) is 0 Å². The number of nitrogens with one attached hydrogen (secondary N) is 4. The molecular weight excluding hydrogens is 701 g/mol. The van der Waals surface area contributed by atoms with Gasteiger partial charge >= 0.3 is 12.2 Å². The number of likely N-dealkylation sites (tertiary alicyclic amines) is 2. The summed E-state index contributed by atoms with van der Waals surface area (Å²) in [5.41, 5.74) is 4.11. The molecule has 0 spiro atoms. The van der Waals surface area contributed by atoms with Gasteiger partial charge in [0.15, 0.2) is 0 Å². The first-order chi connectivity index (χ1) is 26.8. The van der Waals surface area contributed by atoms with Gasteiger partial charge in [0, 0.05) is 36.6 Å². The summed E-state index contributed by atoms with van der Waals surface area (Å²) in [7, 11) is 1.26. The lowest BCUT2D eigenvalue weighted by Gasteiger charge is -2.28. The minimum atomic E-state index is -1.27. The summed E-state index contributed by atoms with van der Waals surface area (Å²) in [4.78, 5) is 70.6. The fourth-order valence-corrected chi connectivity index (χ4v) is 7.21. The summed E-state index contributed by atoms with van der Waals surface area (Å²) < 4.78 is 4.79. The summed E-state index contributed by atoms with van der Waals surface area (Å²) in [6.07, 6.45) is 4.54. The number of aromatic nitrogens is 4. The van der Waals surface area contributed by atoms with Gasteiger partial charge < -0.3 is 40.2 Å². The number of carboxylic acid groups (broad SMARTS) is 1. The van der Waals surface area contributed by atoms with Crippen molar-refractivity contribution in [1.82, 2.24) is 40.4 Å². The number of imidazole rings is 2. The molecular formula is C41H40N8O6. The minimum Gasteiger partial charge on any atom is -0.465 e. The Balaban J connectivity index is 1.01. The topological polar surface area (TPSA) is 186 Å². The van der Waals surface area contributed by atoms with Crippen molar-refractivity contribution in [3.05, 3.63) is 131 Å². The maximum absolute atomic E-state index is 13.8. The third-order valence-electron chi connectivity index (χ3n) is 9.89. The van der Waals surface area contributed by atoms with Gasteiger partial charge in [0.2, 0.25) is 0 Å². The summed E-state index contributed by atoms with van der Waals surface area (Å²) in [5, 5.41) is 14.5. The normalized spacial score (nSPS) is 17.5. The first kappa shape index (κ1) is 36.5. The maximum Gasteiger partial charge on any atom is 0.407 e. The molecule has 2 saturated heterocycles. The Morgan fingerprint density at radius 1 is 0.745 bits per heavy atom. The van der Waals surface area contributed by atoms with E-state index in [1.54, 1.807) is 58.6 Å². The van der Waals surface area contributed by atoms with E-state index in [0.717, 1.165) is 24.0 Å². The number of amides is 4. The molecule has 2 aliphatic heterocycles. The number of H-pyrrole nitrogens is 2. The molecule has 2 aromatic heterocycles. The number of aromatic amines is 2. The molecule has 55 heavy (non-hydrogen) atoms. The average Bonchev–Trinajstić information content (AvgIpc) is 4.06. The first-order valence-electron chi connectivity index (χ1n) is 18.1. The number of methoxy groups -OCH3 is 1. The molecule has 0 saturated carbocycles. The van der Waals surface area contributed by atoms with Gasteiger partial charge in [0.25, 0.3) is 11.8 Å². The number of hydrogen-bond donors (Lipinski definition) is 5. The van der Waals surface area contributed by atoms with Crippen LogP contribution in [-0.2, 0) is 14.3 Å².